The summed E-state index contributed by atoms with van der Waals surface area (Å²) in [5, 5.41) is 0. The van der Waals surface area contributed by atoms with Crippen LogP contribution in [0.1, 0.15) is 12.0 Å². The van der Waals surface area contributed by atoms with Gasteiger partial charge < -0.3 is 14.2 Å². The van der Waals surface area contributed by atoms with Crippen molar-refractivity contribution >= 4 is 0 Å². The standard InChI is InChI=1S/C17H19N3O3/c1-20-10-13(11-20)23-16-4-2-3-14(19-16)12-5-6-18-15(9-12)17-21-7-8-22-17/h2-6,9,13,17H,7-8,10-11H2,1H3. The van der Waals surface area contributed by atoms with Gasteiger partial charge in [0.1, 0.15) is 6.10 Å². The summed E-state index contributed by atoms with van der Waals surface area (Å²) in [6, 6.07) is 9.71. The van der Waals surface area contributed by atoms with Gasteiger partial charge in [-0.15, -0.1) is 0 Å². The predicted molar refractivity (Wildman–Crippen MR) is 84.0 cm³/mol. The zero-order valence-corrected chi connectivity index (χ0v) is 13.0. The number of likely N-dealkylation sites (tertiary alicyclic amines) is 1. The normalized spacial score (nSPS) is 19.7. The highest BCUT2D eigenvalue weighted by Gasteiger charge is 2.25. The van der Waals surface area contributed by atoms with Crippen LogP contribution in [0.4, 0.5) is 0 Å². The summed E-state index contributed by atoms with van der Waals surface area (Å²) >= 11 is 0. The Bertz CT molecular complexity index is 682. The minimum absolute atomic E-state index is 0.232. The molecule has 0 saturated carbocycles. The Kier molecular flexibility index (Phi) is 3.95. The molecule has 2 aromatic rings. The van der Waals surface area contributed by atoms with Crippen LogP contribution in [0.15, 0.2) is 36.5 Å². The van der Waals surface area contributed by atoms with Crippen molar-refractivity contribution in [2.75, 3.05) is 33.4 Å². The number of nitrogens with zero attached hydrogens (tertiary/aromatic N) is 3. The third-order valence-corrected chi connectivity index (χ3v) is 3.98. The fourth-order valence-electron chi connectivity index (χ4n) is 2.79. The van der Waals surface area contributed by atoms with Crippen LogP contribution in [-0.4, -0.2) is 54.3 Å². The molecular formula is C17H19N3O3. The Morgan fingerprint density at radius 3 is 2.78 bits per heavy atom. The highest BCUT2D eigenvalue weighted by molar-refractivity contribution is 5.59. The van der Waals surface area contributed by atoms with Crippen LogP contribution in [0.3, 0.4) is 0 Å². The predicted octanol–water partition coefficient (Wildman–Crippen LogP) is 1.88. The van der Waals surface area contributed by atoms with Gasteiger partial charge in [0, 0.05) is 30.9 Å². The molecule has 2 fully saturated rings. The molecule has 0 aromatic carbocycles. The van der Waals surface area contributed by atoms with E-state index in [0.717, 1.165) is 30.0 Å². The molecule has 2 aliphatic heterocycles. The Hall–Kier alpha value is -2.02. The average molecular weight is 313 g/mol. The molecule has 2 aromatic heterocycles. The first-order valence-electron chi connectivity index (χ1n) is 7.80. The second kappa shape index (κ2) is 6.23. The largest absolute Gasteiger partial charge is 0.472 e. The van der Waals surface area contributed by atoms with Crippen molar-refractivity contribution in [1.82, 2.24) is 14.9 Å². The van der Waals surface area contributed by atoms with Gasteiger partial charge in [-0.25, -0.2) is 4.98 Å². The van der Waals surface area contributed by atoms with Crippen molar-refractivity contribution in [2.24, 2.45) is 0 Å². The maximum absolute atomic E-state index is 5.90. The van der Waals surface area contributed by atoms with E-state index in [1.54, 1.807) is 6.20 Å². The van der Waals surface area contributed by atoms with Gasteiger partial charge >= 0.3 is 0 Å². The van der Waals surface area contributed by atoms with E-state index in [1.807, 2.05) is 30.3 Å². The molecule has 0 unspecified atom stereocenters. The van der Waals surface area contributed by atoms with E-state index in [-0.39, 0.29) is 12.4 Å². The molecule has 6 heteroatoms. The number of hydrogen-bond acceptors (Lipinski definition) is 6. The van der Waals surface area contributed by atoms with Gasteiger partial charge in [-0.1, -0.05) is 6.07 Å². The number of ether oxygens (including phenoxy) is 3. The molecule has 23 heavy (non-hydrogen) atoms. The molecule has 4 rings (SSSR count). The first-order chi connectivity index (χ1) is 11.3. The van der Waals surface area contributed by atoms with Crippen LogP contribution >= 0.6 is 0 Å². The molecule has 2 saturated heterocycles. The summed E-state index contributed by atoms with van der Waals surface area (Å²) in [5.41, 5.74) is 2.61. The second-order valence-electron chi connectivity index (χ2n) is 5.87. The van der Waals surface area contributed by atoms with E-state index in [9.17, 15) is 0 Å². The molecule has 0 amide bonds. The molecule has 0 atom stereocenters. The molecule has 0 bridgehead atoms. The highest BCUT2D eigenvalue weighted by Crippen LogP contribution is 2.26. The van der Waals surface area contributed by atoms with Gasteiger partial charge in [-0.05, 0) is 25.2 Å². The quantitative estimate of drug-likeness (QED) is 0.859. The topological polar surface area (TPSA) is 56.7 Å². The van der Waals surface area contributed by atoms with E-state index in [0.29, 0.717) is 19.1 Å². The zero-order chi connectivity index (χ0) is 15.6. The molecule has 2 aliphatic rings. The third kappa shape index (κ3) is 3.19. The number of aromatic nitrogens is 2. The SMILES string of the molecule is CN1CC(Oc2cccc(-c3ccnc(C4OCCO4)c3)n2)C1. The van der Waals surface area contributed by atoms with Gasteiger partial charge in [-0.3, -0.25) is 9.88 Å². The van der Waals surface area contributed by atoms with Crippen molar-refractivity contribution in [2.45, 2.75) is 12.4 Å². The molecule has 6 nitrogen and oxygen atoms in total. The minimum atomic E-state index is -0.375. The summed E-state index contributed by atoms with van der Waals surface area (Å²) in [6.07, 6.45) is 1.61. The summed E-state index contributed by atoms with van der Waals surface area (Å²) in [7, 11) is 2.08. The van der Waals surface area contributed by atoms with E-state index in [2.05, 4.69) is 21.9 Å². The van der Waals surface area contributed by atoms with Gasteiger partial charge in [0.2, 0.25) is 12.2 Å². The van der Waals surface area contributed by atoms with Crippen molar-refractivity contribution in [3.05, 3.63) is 42.2 Å². The Morgan fingerprint density at radius 1 is 1.17 bits per heavy atom. The number of rotatable bonds is 4. The average Bonchev–Trinajstić information content (AvgIpc) is 3.08. The lowest BCUT2D eigenvalue weighted by atomic mass is 10.1. The lowest BCUT2D eigenvalue weighted by Gasteiger charge is -2.35. The first-order valence-corrected chi connectivity index (χ1v) is 7.80. The third-order valence-electron chi connectivity index (χ3n) is 3.98. The van der Waals surface area contributed by atoms with Crippen molar-refractivity contribution in [3.8, 4) is 17.1 Å². The van der Waals surface area contributed by atoms with Crippen LogP contribution in [0, 0.1) is 0 Å². The van der Waals surface area contributed by atoms with Gasteiger partial charge in [0.25, 0.3) is 0 Å². The smallest absolute Gasteiger partial charge is 0.214 e. The van der Waals surface area contributed by atoms with E-state index >= 15 is 0 Å². The van der Waals surface area contributed by atoms with E-state index < -0.39 is 0 Å². The summed E-state index contributed by atoms with van der Waals surface area (Å²) < 4.78 is 16.9. The fraction of sp³-hybridized carbons (Fsp3) is 0.412. The molecule has 120 valence electrons. The zero-order valence-electron chi connectivity index (χ0n) is 13.0. The maximum atomic E-state index is 5.90. The second-order valence-corrected chi connectivity index (χ2v) is 5.87. The number of likely N-dealkylation sites (N-methyl/N-ethyl adjacent to an activating group) is 1. The monoisotopic (exact) mass is 313 g/mol. The van der Waals surface area contributed by atoms with Crippen molar-refractivity contribution in [1.29, 1.82) is 0 Å². The molecule has 0 radical (unpaired) electrons. The molecule has 4 heterocycles. The molecular weight excluding hydrogens is 294 g/mol. The minimum Gasteiger partial charge on any atom is -0.472 e. The first kappa shape index (κ1) is 14.6. The van der Waals surface area contributed by atoms with Gasteiger partial charge in [0.05, 0.1) is 24.6 Å². The highest BCUT2D eigenvalue weighted by atomic mass is 16.7. The van der Waals surface area contributed by atoms with E-state index in [4.69, 9.17) is 14.2 Å². The molecule has 0 N–H and O–H groups in total. The summed E-state index contributed by atoms with van der Waals surface area (Å²) in [6.45, 7) is 3.10. The van der Waals surface area contributed by atoms with Crippen LogP contribution in [0.25, 0.3) is 11.3 Å². The Labute approximate surface area is 135 Å². The Morgan fingerprint density at radius 2 is 2.00 bits per heavy atom. The van der Waals surface area contributed by atoms with Crippen LogP contribution in [0.5, 0.6) is 5.88 Å². The van der Waals surface area contributed by atoms with Gasteiger partial charge in [-0.2, -0.15) is 0 Å². The van der Waals surface area contributed by atoms with Crippen LogP contribution in [0.2, 0.25) is 0 Å². The summed E-state index contributed by atoms with van der Waals surface area (Å²) in [5.74, 6) is 0.660. The van der Waals surface area contributed by atoms with Gasteiger partial charge in [0.15, 0.2) is 0 Å². The van der Waals surface area contributed by atoms with Crippen LogP contribution in [-0.2, 0) is 9.47 Å². The summed E-state index contributed by atoms with van der Waals surface area (Å²) in [4.78, 5) is 11.2. The van der Waals surface area contributed by atoms with Crippen LogP contribution < -0.4 is 4.74 Å². The molecule has 0 aliphatic carbocycles. The molecule has 0 spiro atoms. The van der Waals surface area contributed by atoms with E-state index in [1.165, 1.54) is 0 Å². The van der Waals surface area contributed by atoms with Crippen molar-refractivity contribution in [3.63, 3.8) is 0 Å². The van der Waals surface area contributed by atoms with Crippen molar-refractivity contribution < 1.29 is 14.2 Å². The number of pyridine rings is 2. The lowest BCUT2D eigenvalue weighted by molar-refractivity contribution is -0.0472. The Balaban J connectivity index is 1.54. The maximum Gasteiger partial charge on any atom is 0.214 e. The fourth-order valence-corrected chi connectivity index (χ4v) is 2.79. The lowest BCUT2D eigenvalue weighted by Crippen LogP contribution is -2.51. The number of hydrogen-bond donors (Lipinski definition) is 0.